The van der Waals surface area contributed by atoms with Crippen LogP contribution in [0, 0.1) is 0 Å². The lowest BCUT2D eigenvalue weighted by atomic mass is 10.2. The van der Waals surface area contributed by atoms with Crippen molar-refractivity contribution in [2.45, 2.75) is 0 Å². The van der Waals surface area contributed by atoms with Gasteiger partial charge in [-0.15, -0.1) is 0 Å². The Morgan fingerprint density at radius 2 is 1.96 bits per heavy atom. The highest BCUT2D eigenvalue weighted by Gasteiger charge is 2.08. The van der Waals surface area contributed by atoms with Gasteiger partial charge in [-0.25, -0.2) is 4.79 Å². The maximum atomic E-state index is 11.7. The standard InChI is InChI=1S/C18H17NO4/c1-2-12-22-15-8-5-14(6-9-15)7-10-18(21)23-13-17(20)16-4-3-11-19-16/h2-11,19H,1,12-13H2/b10-7+. The van der Waals surface area contributed by atoms with Crippen molar-refractivity contribution >= 4 is 17.8 Å². The van der Waals surface area contributed by atoms with E-state index in [1.807, 2.05) is 12.1 Å². The second-order valence-electron chi connectivity index (χ2n) is 4.62. The summed E-state index contributed by atoms with van der Waals surface area (Å²) in [7, 11) is 0. The Hall–Kier alpha value is -3.08. The van der Waals surface area contributed by atoms with Gasteiger partial charge in [0, 0.05) is 12.3 Å². The number of hydrogen-bond donors (Lipinski definition) is 1. The first-order valence-electron chi connectivity index (χ1n) is 7.04. The monoisotopic (exact) mass is 311 g/mol. The Labute approximate surface area is 134 Å². The molecule has 23 heavy (non-hydrogen) atoms. The number of carbonyl (C=O) groups excluding carboxylic acids is 2. The molecule has 118 valence electrons. The Balaban J connectivity index is 1.81. The van der Waals surface area contributed by atoms with Gasteiger partial charge in [0.05, 0.1) is 5.69 Å². The minimum atomic E-state index is -0.572. The highest BCUT2D eigenvalue weighted by Crippen LogP contribution is 2.13. The number of H-pyrrole nitrogens is 1. The molecular weight excluding hydrogens is 294 g/mol. The molecule has 0 radical (unpaired) electrons. The number of ether oxygens (including phenoxy) is 2. The number of aromatic nitrogens is 1. The van der Waals surface area contributed by atoms with Gasteiger partial charge in [-0.3, -0.25) is 4.79 Å². The summed E-state index contributed by atoms with van der Waals surface area (Å²) < 4.78 is 10.3. The van der Waals surface area contributed by atoms with Gasteiger partial charge in [0.2, 0.25) is 5.78 Å². The molecule has 1 aromatic heterocycles. The van der Waals surface area contributed by atoms with Crippen LogP contribution in [0.2, 0.25) is 0 Å². The fourth-order valence-corrected chi connectivity index (χ4v) is 1.76. The van der Waals surface area contributed by atoms with Crippen LogP contribution in [0.1, 0.15) is 16.1 Å². The molecule has 5 heteroatoms. The molecule has 0 aliphatic carbocycles. The summed E-state index contributed by atoms with van der Waals surface area (Å²) in [6.45, 7) is 3.72. The summed E-state index contributed by atoms with van der Waals surface area (Å²) in [6, 6.07) is 10.5. The minimum absolute atomic E-state index is 0.277. The molecule has 1 N–H and O–H groups in total. The second kappa shape index (κ2) is 8.38. The van der Waals surface area contributed by atoms with Gasteiger partial charge < -0.3 is 14.5 Å². The number of rotatable bonds is 8. The third kappa shape index (κ3) is 5.32. The molecule has 0 amide bonds. The second-order valence-corrected chi connectivity index (χ2v) is 4.62. The summed E-state index contributed by atoms with van der Waals surface area (Å²) >= 11 is 0. The van der Waals surface area contributed by atoms with Crippen molar-refractivity contribution in [2.75, 3.05) is 13.2 Å². The van der Waals surface area contributed by atoms with Crippen LogP contribution in [-0.4, -0.2) is 30.0 Å². The number of aromatic amines is 1. The van der Waals surface area contributed by atoms with E-state index in [4.69, 9.17) is 9.47 Å². The van der Waals surface area contributed by atoms with Crippen molar-refractivity contribution in [2.24, 2.45) is 0 Å². The van der Waals surface area contributed by atoms with Crippen molar-refractivity contribution < 1.29 is 19.1 Å². The van der Waals surface area contributed by atoms with Crippen molar-refractivity contribution in [3.8, 4) is 5.75 Å². The van der Waals surface area contributed by atoms with E-state index < -0.39 is 5.97 Å². The molecule has 0 aliphatic heterocycles. The minimum Gasteiger partial charge on any atom is -0.490 e. The fourth-order valence-electron chi connectivity index (χ4n) is 1.76. The summed E-state index contributed by atoms with van der Waals surface area (Å²) in [4.78, 5) is 26.0. The van der Waals surface area contributed by atoms with E-state index in [0.717, 1.165) is 11.3 Å². The molecule has 0 saturated heterocycles. The number of nitrogens with one attached hydrogen (secondary N) is 1. The number of hydrogen-bond acceptors (Lipinski definition) is 4. The van der Waals surface area contributed by atoms with Crippen LogP contribution < -0.4 is 4.74 Å². The maximum absolute atomic E-state index is 11.7. The molecule has 0 spiro atoms. The summed E-state index contributed by atoms with van der Waals surface area (Å²) in [5, 5.41) is 0. The van der Waals surface area contributed by atoms with Crippen LogP contribution >= 0.6 is 0 Å². The van der Waals surface area contributed by atoms with Crippen LogP contribution in [-0.2, 0) is 9.53 Å². The average Bonchev–Trinajstić information content (AvgIpc) is 3.11. The SMILES string of the molecule is C=CCOc1ccc(/C=C/C(=O)OCC(=O)c2ccc[nH]2)cc1. The third-order valence-electron chi connectivity index (χ3n) is 2.90. The highest BCUT2D eigenvalue weighted by atomic mass is 16.5. The normalized spacial score (nSPS) is 10.4. The van der Waals surface area contributed by atoms with E-state index in [-0.39, 0.29) is 12.4 Å². The zero-order chi connectivity index (χ0) is 16.5. The van der Waals surface area contributed by atoms with Gasteiger partial charge in [-0.2, -0.15) is 0 Å². The predicted octanol–water partition coefficient (Wildman–Crippen LogP) is 3.02. The number of carbonyl (C=O) groups is 2. The maximum Gasteiger partial charge on any atom is 0.331 e. The van der Waals surface area contributed by atoms with Gasteiger partial charge in [0.1, 0.15) is 12.4 Å². The Morgan fingerprint density at radius 3 is 2.61 bits per heavy atom. The van der Waals surface area contributed by atoms with Crippen molar-refractivity contribution in [3.05, 3.63) is 72.6 Å². The topological polar surface area (TPSA) is 68.4 Å². The first-order chi connectivity index (χ1) is 11.2. The molecule has 0 aliphatic rings. The molecule has 0 unspecified atom stereocenters. The molecule has 2 rings (SSSR count). The van der Waals surface area contributed by atoms with Crippen molar-refractivity contribution in [1.29, 1.82) is 0 Å². The average molecular weight is 311 g/mol. The van der Waals surface area contributed by atoms with Crippen LogP contribution in [0.15, 0.2) is 61.3 Å². The molecule has 0 bridgehead atoms. The molecule has 1 heterocycles. The Morgan fingerprint density at radius 1 is 1.17 bits per heavy atom. The smallest absolute Gasteiger partial charge is 0.331 e. The Bertz CT molecular complexity index is 684. The van der Waals surface area contributed by atoms with E-state index in [0.29, 0.717) is 12.3 Å². The van der Waals surface area contributed by atoms with Crippen LogP contribution in [0.5, 0.6) is 5.75 Å². The molecule has 2 aromatic rings. The molecule has 5 nitrogen and oxygen atoms in total. The quantitative estimate of drug-likeness (QED) is 0.352. The summed E-state index contributed by atoms with van der Waals surface area (Å²) in [5.74, 6) is -0.126. The number of esters is 1. The van der Waals surface area contributed by atoms with Gasteiger partial charge >= 0.3 is 5.97 Å². The van der Waals surface area contributed by atoms with Gasteiger partial charge in [-0.1, -0.05) is 24.8 Å². The van der Waals surface area contributed by atoms with Crippen LogP contribution in [0.3, 0.4) is 0 Å². The summed E-state index contributed by atoms with van der Waals surface area (Å²) in [5.41, 5.74) is 1.24. The fraction of sp³-hybridized carbons (Fsp3) is 0.111. The van der Waals surface area contributed by atoms with Gasteiger partial charge in [-0.05, 0) is 35.9 Å². The lowest BCUT2D eigenvalue weighted by molar-refractivity contribution is -0.136. The van der Waals surface area contributed by atoms with Gasteiger partial charge in [0.25, 0.3) is 0 Å². The highest BCUT2D eigenvalue weighted by molar-refractivity contribution is 5.97. The zero-order valence-electron chi connectivity index (χ0n) is 12.5. The van der Waals surface area contributed by atoms with E-state index in [1.54, 1.807) is 42.6 Å². The van der Waals surface area contributed by atoms with E-state index >= 15 is 0 Å². The Kier molecular flexibility index (Phi) is 5.94. The predicted molar refractivity (Wildman–Crippen MR) is 87.3 cm³/mol. The van der Waals surface area contributed by atoms with Crippen LogP contribution in [0.4, 0.5) is 0 Å². The lowest BCUT2D eigenvalue weighted by Gasteiger charge is -2.03. The third-order valence-corrected chi connectivity index (χ3v) is 2.90. The largest absolute Gasteiger partial charge is 0.490 e. The molecule has 1 aromatic carbocycles. The number of Topliss-reactive ketones (excluding diaryl/α,β-unsaturated/α-hetero) is 1. The molecule has 0 atom stereocenters. The summed E-state index contributed by atoms with van der Waals surface area (Å²) in [6.07, 6.45) is 6.19. The first kappa shape index (κ1) is 16.3. The van der Waals surface area contributed by atoms with E-state index in [9.17, 15) is 9.59 Å². The number of ketones is 1. The molecule has 0 fully saturated rings. The van der Waals surface area contributed by atoms with E-state index in [2.05, 4.69) is 11.6 Å². The van der Waals surface area contributed by atoms with Crippen molar-refractivity contribution in [1.82, 2.24) is 4.98 Å². The molecule has 0 saturated carbocycles. The molecular formula is C18H17NO4. The van der Waals surface area contributed by atoms with E-state index in [1.165, 1.54) is 6.08 Å². The van der Waals surface area contributed by atoms with Crippen LogP contribution in [0.25, 0.3) is 6.08 Å². The number of benzene rings is 1. The first-order valence-corrected chi connectivity index (χ1v) is 7.04. The van der Waals surface area contributed by atoms with Crippen molar-refractivity contribution in [3.63, 3.8) is 0 Å². The zero-order valence-corrected chi connectivity index (χ0v) is 12.5. The van der Waals surface area contributed by atoms with Gasteiger partial charge in [0.15, 0.2) is 6.61 Å². The lowest BCUT2D eigenvalue weighted by Crippen LogP contribution is -2.12.